The number of aryl methyl sites for hydroxylation is 1. The van der Waals surface area contributed by atoms with Crippen LogP contribution < -0.4 is 10.5 Å². The van der Waals surface area contributed by atoms with E-state index < -0.39 is 0 Å². The van der Waals surface area contributed by atoms with Crippen molar-refractivity contribution in [2.75, 3.05) is 44.3 Å². The van der Waals surface area contributed by atoms with Crippen LogP contribution in [0.3, 0.4) is 0 Å². The number of carbonyl (C=O) groups is 1. The molecule has 8 nitrogen and oxygen atoms in total. The Labute approximate surface area is 181 Å². The number of rotatable bonds is 2. The van der Waals surface area contributed by atoms with Crippen LogP contribution in [-0.4, -0.2) is 65.0 Å². The second-order valence-corrected chi connectivity index (χ2v) is 9.03. The van der Waals surface area contributed by atoms with Crippen LogP contribution in [0.5, 0.6) is 0 Å². The van der Waals surface area contributed by atoms with Crippen molar-refractivity contribution in [3.8, 4) is 0 Å². The van der Waals surface area contributed by atoms with Gasteiger partial charge < -0.3 is 19.1 Å². The Bertz CT molecular complexity index is 1060. The number of ether oxygens (including phenoxy) is 1. The molecule has 5 heterocycles. The molecular formula is C23H29N5O3. The molecule has 0 radical (unpaired) electrons. The van der Waals surface area contributed by atoms with E-state index >= 15 is 0 Å². The van der Waals surface area contributed by atoms with E-state index in [9.17, 15) is 9.59 Å². The molecule has 5 rings (SSSR count). The lowest BCUT2D eigenvalue weighted by molar-refractivity contribution is 0.0738. The Morgan fingerprint density at radius 3 is 2.87 bits per heavy atom. The number of fused-ring (bicyclic) bond motifs is 4. The summed E-state index contributed by atoms with van der Waals surface area (Å²) >= 11 is 0. The van der Waals surface area contributed by atoms with Gasteiger partial charge in [-0.05, 0) is 55.9 Å². The zero-order valence-electron chi connectivity index (χ0n) is 18.2. The van der Waals surface area contributed by atoms with Crippen LogP contribution in [0.15, 0.2) is 23.1 Å². The van der Waals surface area contributed by atoms with Gasteiger partial charge in [0.1, 0.15) is 5.56 Å². The number of amides is 1. The molecule has 2 fully saturated rings. The molecular weight excluding hydrogens is 394 g/mol. The highest BCUT2D eigenvalue weighted by atomic mass is 16.5. The largest absolute Gasteiger partial charge is 0.380 e. The van der Waals surface area contributed by atoms with Crippen LogP contribution in [-0.2, 0) is 11.3 Å². The highest BCUT2D eigenvalue weighted by Gasteiger charge is 2.36. The summed E-state index contributed by atoms with van der Waals surface area (Å²) < 4.78 is 7.31. The van der Waals surface area contributed by atoms with Crippen LogP contribution >= 0.6 is 0 Å². The van der Waals surface area contributed by atoms with Crippen molar-refractivity contribution in [3.63, 3.8) is 0 Å². The van der Waals surface area contributed by atoms with Gasteiger partial charge in [-0.15, -0.1) is 5.10 Å². The summed E-state index contributed by atoms with van der Waals surface area (Å²) in [5, 5.41) is 8.56. The number of carbonyl (C=O) groups excluding carboxylic acids is 1. The fraction of sp³-hybridized carbons (Fsp3) is 0.565. The maximum Gasteiger partial charge on any atom is 0.263 e. The van der Waals surface area contributed by atoms with Crippen molar-refractivity contribution < 1.29 is 9.53 Å². The molecule has 0 unspecified atom stereocenters. The van der Waals surface area contributed by atoms with Gasteiger partial charge in [0.25, 0.3) is 11.5 Å². The van der Waals surface area contributed by atoms with Gasteiger partial charge in [-0.2, -0.15) is 5.10 Å². The summed E-state index contributed by atoms with van der Waals surface area (Å²) in [6.45, 7) is 8.82. The molecule has 2 atom stereocenters. The van der Waals surface area contributed by atoms with Crippen LogP contribution in [0.2, 0.25) is 0 Å². The van der Waals surface area contributed by atoms with Crippen molar-refractivity contribution in [1.82, 2.24) is 19.7 Å². The molecule has 1 amide bonds. The molecule has 8 heteroatoms. The quantitative estimate of drug-likeness (QED) is 0.732. The number of hydrogen-bond acceptors (Lipinski definition) is 6. The average molecular weight is 424 g/mol. The average Bonchev–Trinajstić information content (AvgIpc) is 3.05. The van der Waals surface area contributed by atoms with Crippen molar-refractivity contribution in [1.29, 1.82) is 0 Å². The minimum absolute atomic E-state index is 0.151. The highest BCUT2D eigenvalue weighted by Crippen LogP contribution is 2.37. The summed E-state index contributed by atoms with van der Waals surface area (Å²) in [6, 6.07) is 3.72. The van der Waals surface area contributed by atoms with Crippen LogP contribution in [0.25, 0.3) is 0 Å². The lowest BCUT2D eigenvalue weighted by Crippen LogP contribution is -2.49. The van der Waals surface area contributed by atoms with Crippen LogP contribution in [0.1, 0.15) is 45.9 Å². The van der Waals surface area contributed by atoms with Crippen LogP contribution in [0, 0.1) is 19.8 Å². The maximum atomic E-state index is 13.3. The third kappa shape index (κ3) is 3.63. The predicted molar refractivity (Wildman–Crippen MR) is 117 cm³/mol. The minimum Gasteiger partial charge on any atom is -0.380 e. The number of hydrogen-bond donors (Lipinski definition) is 0. The molecule has 3 aliphatic heterocycles. The van der Waals surface area contributed by atoms with Gasteiger partial charge in [-0.1, -0.05) is 0 Å². The van der Waals surface area contributed by atoms with E-state index in [0.717, 1.165) is 48.6 Å². The Hall–Kier alpha value is -2.74. The first-order valence-corrected chi connectivity index (χ1v) is 11.2. The van der Waals surface area contributed by atoms with Crippen molar-refractivity contribution in [2.24, 2.45) is 5.92 Å². The second kappa shape index (κ2) is 8.07. The van der Waals surface area contributed by atoms with E-state index in [0.29, 0.717) is 38.8 Å². The first kappa shape index (κ1) is 20.2. The maximum absolute atomic E-state index is 13.3. The Morgan fingerprint density at radius 1 is 1.13 bits per heavy atom. The summed E-state index contributed by atoms with van der Waals surface area (Å²) in [5.74, 6) is 1.37. The molecule has 0 saturated carbocycles. The fourth-order valence-electron chi connectivity index (χ4n) is 5.22. The molecule has 31 heavy (non-hydrogen) atoms. The SMILES string of the molecule is Cc1cnnc(N2C[C@@H]3C[C@H](C2)c2ccc(C(=O)N4CCCOCC4)c(=O)n2C3)c1C. The number of aromatic nitrogens is 3. The van der Waals surface area contributed by atoms with E-state index in [1.165, 1.54) is 0 Å². The first-order valence-electron chi connectivity index (χ1n) is 11.2. The Balaban J connectivity index is 1.43. The molecule has 0 N–H and O–H groups in total. The molecule has 0 aromatic carbocycles. The lowest BCUT2D eigenvalue weighted by Gasteiger charge is -2.43. The molecule has 2 bridgehead atoms. The summed E-state index contributed by atoms with van der Waals surface area (Å²) in [6.07, 6.45) is 3.66. The molecule has 2 saturated heterocycles. The third-order valence-corrected chi connectivity index (χ3v) is 6.97. The Morgan fingerprint density at radius 2 is 2.00 bits per heavy atom. The summed E-state index contributed by atoms with van der Waals surface area (Å²) in [7, 11) is 0. The number of piperidine rings is 1. The van der Waals surface area contributed by atoms with Crippen LogP contribution in [0.4, 0.5) is 5.82 Å². The molecule has 0 aliphatic carbocycles. The van der Waals surface area contributed by atoms with Gasteiger partial charge in [0.15, 0.2) is 5.82 Å². The van der Waals surface area contributed by atoms with Crippen molar-refractivity contribution >= 4 is 11.7 Å². The molecule has 164 valence electrons. The van der Waals surface area contributed by atoms with E-state index in [1.807, 2.05) is 10.6 Å². The number of pyridine rings is 1. The number of nitrogens with zero attached hydrogens (tertiary/aromatic N) is 5. The van der Waals surface area contributed by atoms with Gasteiger partial charge in [0.05, 0.1) is 12.8 Å². The van der Waals surface area contributed by atoms with E-state index in [4.69, 9.17) is 4.74 Å². The lowest BCUT2D eigenvalue weighted by atomic mass is 9.82. The zero-order chi connectivity index (χ0) is 21.5. The van der Waals surface area contributed by atoms with E-state index in [1.54, 1.807) is 17.2 Å². The first-order chi connectivity index (χ1) is 15.0. The number of anilines is 1. The minimum atomic E-state index is -0.172. The predicted octanol–water partition coefficient (Wildman–Crippen LogP) is 1.74. The van der Waals surface area contributed by atoms with Gasteiger partial charge in [0, 0.05) is 50.9 Å². The molecule has 0 spiro atoms. The van der Waals surface area contributed by atoms with Crippen molar-refractivity contribution in [2.45, 2.75) is 39.2 Å². The third-order valence-electron chi connectivity index (χ3n) is 6.97. The fourth-order valence-corrected chi connectivity index (χ4v) is 5.22. The highest BCUT2D eigenvalue weighted by molar-refractivity contribution is 5.94. The standard InChI is InChI=1S/C23H29N5O3/c1-15-11-24-25-21(16(15)2)27-12-17-10-18(14-27)20-5-4-19(23(30)28(20)13-17)22(29)26-6-3-8-31-9-7-26/h4-5,11,17-18H,3,6-10,12-14H2,1-2H3/t17-,18+/m0/s1. The van der Waals surface area contributed by atoms with Gasteiger partial charge in [-0.25, -0.2) is 0 Å². The smallest absolute Gasteiger partial charge is 0.263 e. The molecule has 2 aromatic rings. The normalized spacial score (nSPS) is 23.3. The molecule has 3 aliphatic rings. The van der Waals surface area contributed by atoms with Gasteiger partial charge in [-0.3, -0.25) is 9.59 Å². The monoisotopic (exact) mass is 423 g/mol. The van der Waals surface area contributed by atoms with E-state index in [-0.39, 0.29) is 22.9 Å². The second-order valence-electron chi connectivity index (χ2n) is 9.03. The van der Waals surface area contributed by atoms with Gasteiger partial charge >= 0.3 is 0 Å². The summed E-state index contributed by atoms with van der Waals surface area (Å²) in [4.78, 5) is 30.4. The Kier molecular flexibility index (Phi) is 5.25. The summed E-state index contributed by atoms with van der Waals surface area (Å²) in [5.41, 5.74) is 3.46. The zero-order valence-corrected chi connectivity index (χ0v) is 18.2. The van der Waals surface area contributed by atoms with E-state index in [2.05, 4.69) is 28.9 Å². The molecule has 2 aromatic heterocycles. The van der Waals surface area contributed by atoms with Crippen molar-refractivity contribution in [3.05, 3.63) is 51.1 Å². The van der Waals surface area contributed by atoms with Gasteiger partial charge in [0.2, 0.25) is 0 Å². The topological polar surface area (TPSA) is 80.6 Å².